The molecule has 0 aliphatic carbocycles. The number of hydrogen-bond donors (Lipinski definition) is 6. The predicted molar refractivity (Wildman–Crippen MR) is 48.4 cm³/mol. The lowest BCUT2D eigenvalue weighted by molar-refractivity contribution is -0.136. The van der Waals surface area contributed by atoms with Crippen molar-refractivity contribution in [1.29, 1.82) is 0 Å². The summed E-state index contributed by atoms with van der Waals surface area (Å²) in [4.78, 5) is 13.6. The van der Waals surface area contributed by atoms with E-state index in [4.69, 9.17) is 25.5 Å². The number of aliphatic hydroxyl groups is 5. The number of rotatable bonds is 5. The monoisotopic (exact) mass is 227 g/mol. The Kier molecular flexibility index (Phi) is 11.1. The highest BCUT2D eigenvalue weighted by atomic mass is 16.6. The van der Waals surface area contributed by atoms with Crippen molar-refractivity contribution in [2.45, 2.75) is 24.4 Å². The highest BCUT2D eigenvalue weighted by Crippen LogP contribution is 2.02. The first-order chi connectivity index (χ1) is 6.95. The molecule has 0 aromatic rings. The molecule has 0 bridgehead atoms. The molecule has 0 aliphatic heterocycles. The second kappa shape index (κ2) is 9.93. The van der Waals surface area contributed by atoms with Gasteiger partial charge in [-0.3, -0.25) is 0 Å². The summed E-state index contributed by atoms with van der Waals surface area (Å²) in [7, 11) is 1.40. The Hall–Kier alpha value is -0.610. The van der Waals surface area contributed by atoms with Gasteiger partial charge in [-0.15, -0.1) is 0 Å². The Bertz CT molecular complexity index is 156. The van der Waals surface area contributed by atoms with Gasteiger partial charge in [0.15, 0.2) is 6.29 Å². The second-order valence-corrected chi connectivity index (χ2v) is 2.59. The number of aldehydes is 1. The zero-order valence-corrected chi connectivity index (χ0v) is 8.22. The molecule has 8 nitrogen and oxygen atoms in total. The van der Waals surface area contributed by atoms with E-state index in [1.165, 1.54) is 7.11 Å². The lowest BCUT2D eigenvalue weighted by Gasteiger charge is -2.22. The number of carbonyl (C=O) groups is 1. The van der Waals surface area contributed by atoms with Crippen molar-refractivity contribution in [1.82, 2.24) is 0 Å². The molecular weight excluding hydrogens is 210 g/mol. The van der Waals surface area contributed by atoms with Crippen molar-refractivity contribution in [2.75, 3.05) is 13.7 Å². The average Bonchev–Trinajstić information content (AvgIpc) is 2.25. The van der Waals surface area contributed by atoms with Gasteiger partial charge < -0.3 is 35.2 Å². The van der Waals surface area contributed by atoms with E-state index in [2.05, 4.69) is 10.7 Å². The van der Waals surface area contributed by atoms with Crippen molar-refractivity contribution in [3.63, 3.8) is 0 Å². The van der Waals surface area contributed by atoms with Crippen LogP contribution in [0.5, 0.6) is 0 Å². The fourth-order valence-corrected chi connectivity index (χ4v) is 0.618. The van der Waals surface area contributed by atoms with Crippen LogP contribution in [-0.2, 0) is 9.63 Å². The Morgan fingerprint density at radius 1 is 1.27 bits per heavy atom. The fourth-order valence-electron chi connectivity index (χ4n) is 0.618. The summed E-state index contributed by atoms with van der Waals surface area (Å²) in [6, 6.07) is 0. The van der Waals surface area contributed by atoms with Gasteiger partial charge in [-0.2, -0.15) is 0 Å². The van der Waals surface area contributed by atoms with E-state index in [-0.39, 0.29) is 6.29 Å². The Morgan fingerprint density at radius 3 is 1.93 bits per heavy atom. The molecule has 7 N–H and O–H groups in total. The lowest BCUT2D eigenvalue weighted by atomic mass is 10.0. The first kappa shape index (κ1) is 16.8. The van der Waals surface area contributed by atoms with E-state index >= 15 is 0 Å². The standard InChI is InChI=1S/C6H12O6.CH5NO/c7-1-3(9)5(11)6(12)4(10)2-8;1-3-2/h1,3-6,8-12H,2H2;2H2,1H3/t3-,4+,5+,6-;/m0./s1. The van der Waals surface area contributed by atoms with Gasteiger partial charge in [-0.05, 0) is 0 Å². The summed E-state index contributed by atoms with van der Waals surface area (Å²) in [5.41, 5.74) is 0. The summed E-state index contributed by atoms with van der Waals surface area (Å²) in [6.45, 7) is -0.760. The maximum Gasteiger partial charge on any atom is 0.151 e. The van der Waals surface area contributed by atoms with Crippen LogP contribution >= 0.6 is 0 Å². The van der Waals surface area contributed by atoms with Gasteiger partial charge in [0.1, 0.15) is 24.4 Å². The summed E-state index contributed by atoms with van der Waals surface area (Å²) in [5.74, 6) is 4.35. The molecule has 0 heterocycles. The molecule has 0 unspecified atom stereocenters. The third-order valence-corrected chi connectivity index (χ3v) is 1.42. The van der Waals surface area contributed by atoms with Gasteiger partial charge in [0, 0.05) is 0 Å². The molecular formula is C7H17NO7. The van der Waals surface area contributed by atoms with Crippen molar-refractivity contribution in [2.24, 2.45) is 5.90 Å². The van der Waals surface area contributed by atoms with Crippen LogP contribution in [0.2, 0.25) is 0 Å². The average molecular weight is 227 g/mol. The topological polar surface area (TPSA) is 153 Å². The summed E-state index contributed by atoms with van der Waals surface area (Å²) in [6.07, 6.45) is -6.84. The van der Waals surface area contributed by atoms with Crippen LogP contribution in [0.25, 0.3) is 0 Å². The summed E-state index contributed by atoms with van der Waals surface area (Å²) in [5, 5.41) is 43.5. The molecule has 92 valence electrons. The van der Waals surface area contributed by atoms with Crippen molar-refractivity contribution >= 4 is 6.29 Å². The van der Waals surface area contributed by atoms with Gasteiger partial charge in [0.05, 0.1) is 13.7 Å². The largest absolute Gasteiger partial charge is 0.394 e. The molecule has 0 amide bonds. The molecule has 0 spiro atoms. The van der Waals surface area contributed by atoms with Crippen LogP contribution in [0.3, 0.4) is 0 Å². The number of aliphatic hydroxyl groups excluding tert-OH is 5. The smallest absolute Gasteiger partial charge is 0.151 e. The molecule has 0 radical (unpaired) electrons. The molecule has 0 rings (SSSR count). The Morgan fingerprint density at radius 2 is 1.67 bits per heavy atom. The van der Waals surface area contributed by atoms with Crippen LogP contribution in [0.15, 0.2) is 0 Å². The molecule has 0 aromatic heterocycles. The van der Waals surface area contributed by atoms with Crippen LogP contribution in [0.1, 0.15) is 0 Å². The molecule has 4 atom stereocenters. The van der Waals surface area contributed by atoms with E-state index < -0.39 is 31.0 Å². The van der Waals surface area contributed by atoms with Gasteiger partial charge in [0.2, 0.25) is 0 Å². The van der Waals surface area contributed by atoms with Gasteiger partial charge in [0.25, 0.3) is 0 Å². The minimum Gasteiger partial charge on any atom is -0.394 e. The maximum absolute atomic E-state index is 9.90. The SMILES string of the molecule is CON.O=C[C@H](O)[C@@H](O)[C@@H](O)[C@H](O)CO. The van der Waals surface area contributed by atoms with Crippen molar-refractivity contribution in [3.05, 3.63) is 0 Å². The second-order valence-electron chi connectivity index (χ2n) is 2.59. The molecule has 0 saturated carbocycles. The first-order valence-electron chi connectivity index (χ1n) is 3.97. The zero-order valence-electron chi connectivity index (χ0n) is 8.22. The van der Waals surface area contributed by atoms with Crippen molar-refractivity contribution in [3.8, 4) is 0 Å². The maximum atomic E-state index is 9.90. The van der Waals surface area contributed by atoms with E-state index in [1.54, 1.807) is 0 Å². The quantitative estimate of drug-likeness (QED) is 0.206. The normalized spacial score (nSPS) is 18.1. The molecule has 8 heteroatoms. The number of carbonyl (C=O) groups excluding carboxylic acids is 1. The predicted octanol–water partition coefficient (Wildman–Crippen LogP) is -3.87. The van der Waals surface area contributed by atoms with Crippen LogP contribution in [-0.4, -0.2) is 70.0 Å². The van der Waals surface area contributed by atoms with Gasteiger partial charge in [-0.25, -0.2) is 5.90 Å². The summed E-state index contributed by atoms with van der Waals surface area (Å²) >= 11 is 0. The van der Waals surface area contributed by atoms with Crippen LogP contribution in [0, 0.1) is 0 Å². The number of nitrogens with two attached hydrogens (primary N) is 1. The van der Waals surface area contributed by atoms with E-state index in [9.17, 15) is 4.79 Å². The Balaban J connectivity index is 0. The van der Waals surface area contributed by atoms with Gasteiger partial charge in [-0.1, -0.05) is 0 Å². The van der Waals surface area contributed by atoms with Crippen LogP contribution < -0.4 is 5.90 Å². The lowest BCUT2D eigenvalue weighted by Crippen LogP contribution is -2.46. The molecule has 0 fully saturated rings. The Labute approximate surface area is 86.5 Å². The molecule has 0 aliphatic rings. The third-order valence-electron chi connectivity index (χ3n) is 1.42. The van der Waals surface area contributed by atoms with E-state index in [1.807, 2.05) is 0 Å². The third kappa shape index (κ3) is 7.33. The first-order valence-corrected chi connectivity index (χ1v) is 3.97. The van der Waals surface area contributed by atoms with Crippen LogP contribution in [0.4, 0.5) is 0 Å². The fraction of sp³-hybridized carbons (Fsp3) is 0.857. The molecule has 0 saturated heterocycles. The van der Waals surface area contributed by atoms with Crippen molar-refractivity contribution < 1.29 is 35.2 Å². The van der Waals surface area contributed by atoms with Gasteiger partial charge >= 0.3 is 0 Å². The zero-order chi connectivity index (χ0) is 12.4. The van der Waals surface area contributed by atoms with E-state index in [0.717, 1.165) is 0 Å². The molecule has 0 aromatic carbocycles. The summed E-state index contributed by atoms with van der Waals surface area (Å²) < 4.78 is 0. The minimum absolute atomic E-state index is 0.0258. The molecule has 15 heavy (non-hydrogen) atoms. The number of hydrogen-bond acceptors (Lipinski definition) is 8. The highest BCUT2D eigenvalue weighted by Gasteiger charge is 2.29. The van der Waals surface area contributed by atoms with E-state index in [0.29, 0.717) is 0 Å². The highest BCUT2D eigenvalue weighted by molar-refractivity contribution is 5.56. The minimum atomic E-state index is -1.79.